The van der Waals surface area contributed by atoms with Gasteiger partial charge >= 0.3 is 0 Å². The molecule has 1 atom stereocenters. The van der Waals surface area contributed by atoms with Crippen LogP contribution in [0.2, 0.25) is 0 Å². The van der Waals surface area contributed by atoms with Crippen LogP contribution in [0, 0.1) is 5.92 Å². The Hall–Kier alpha value is -3.46. The van der Waals surface area contributed by atoms with Crippen LogP contribution in [0.3, 0.4) is 0 Å². The zero-order chi connectivity index (χ0) is 24.4. The number of carbonyl (C=O) groups is 2. The minimum atomic E-state index is -0.274. The summed E-state index contributed by atoms with van der Waals surface area (Å²) >= 11 is 0. The van der Waals surface area contributed by atoms with Gasteiger partial charge in [-0.3, -0.25) is 9.59 Å². The summed E-state index contributed by atoms with van der Waals surface area (Å²) in [4.78, 5) is 30.3. The van der Waals surface area contributed by atoms with Gasteiger partial charge in [0.05, 0.1) is 26.9 Å². The number of carbonyl (C=O) groups excluding carboxylic acids is 2. The molecular formula is C26H30N2O7. The SMILES string of the molecule is COc1ccc(C(=O)N2CCOC(CN(CC3CC3)C(=O)c3ccc4c(c3)OCO4)C2)cc1OC. The van der Waals surface area contributed by atoms with Gasteiger partial charge in [0.1, 0.15) is 0 Å². The van der Waals surface area contributed by atoms with E-state index in [1.807, 2.05) is 4.90 Å². The molecule has 1 saturated heterocycles. The predicted molar refractivity (Wildman–Crippen MR) is 126 cm³/mol. The van der Waals surface area contributed by atoms with Crippen molar-refractivity contribution >= 4 is 11.8 Å². The zero-order valence-electron chi connectivity index (χ0n) is 20.0. The lowest BCUT2D eigenvalue weighted by Crippen LogP contribution is -2.51. The van der Waals surface area contributed by atoms with E-state index in [1.165, 1.54) is 0 Å². The topological polar surface area (TPSA) is 86.8 Å². The van der Waals surface area contributed by atoms with Crippen molar-refractivity contribution in [1.82, 2.24) is 9.80 Å². The van der Waals surface area contributed by atoms with Gasteiger partial charge in [-0.1, -0.05) is 0 Å². The number of hydrogen-bond donors (Lipinski definition) is 0. The molecule has 0 N–H and O–H groups in total. The van der Waals surface area contributed by atoms with E-state index in [2.05, 4.69) is 0 Å². The Bertz CT molecular complexity index is 1100. The first-order chi connectivity index (χ1) is 17.1. The number of nitrogens with zero attached hydrogens (tertiary/aromatic N) is 2. The van der Waals surface area contributed by atoms with Gasteiger partial charge in [0.15, 0.2) is 23.0 Å². The fourth-order valence-electron chi connectivity index (χ4n) is 4.48. The molecule has 9 nitrogen and oxygen atoms in total. The molecule has 2 amide bonds. The molecule has 0 radical (unpaired) electrons. The fraction of sp³-hybridized carbons (Fsp3) is 0.462. The summed E-state index contributed by atoms with van der Waals surface area (Å²) in [5.74, 6) is 2.66. The Morgan fingerprint density at radius 1 is 0.971 bits per heavy atom. The predicted octanol–water partition coefficient (Wildman–Crippen LogP) is 2.83. The molecule has 5 rings (SSSR count). The maximum Gasteiger partial charge on any atom is 0.254 e. The van der Waals surface area contributed by atoms with E-state index < -0.39 is 0 Å². The highest BCUT2D eigenvalue weighted by Gasteiger charge is 2.32. The van der Waals surface area contributed by atoms with Crippen molar-refractivity contribution < 1.29 is 33.3 Å². The number of benzene rings is 2. The average Bonchev–Trinajstić information content (AvgIpc) is 3.59. The van der Waals surface area contributed by atoms with Crippen LogP contribution in [0.15, 0.2) is 36.4 Å². The first-order valence-corrected chi connectivity index (χ1v) is 11.9. The Balaban J connectivity index is 1.28. The van der Waals surface area contributed by atoms with Crippen molar-refractivity contribution in [3.05, 3.63) is 47.5 Å². The van der Waals surface area contributed by atoms with Gasteiger partial charge in [0, 0.05) is 37.3 Å². The van der Waals surface area contributed by atoms with Crippen LogP contribution in [0.25, 0.3) is 0 Å². The van der Waals surface area contributed by atoms with Gasteiger partial charge in [-0.2, -0.15) is 0 Å². The maximum atomic E-state index is 13.4. The van der Waals surface area contributed by atoms with E-state index in [1.54, 1.807) is 55.5 Å². The second kappa shape index (κ2) is 10.0. The second-order valence-electron chi connectivity index (χ2n) is 9.04. The number of methoxy groups -OCH3 is 2. The number of amides is 2. The van der Waals surface area contributed by atoms with E-state index in [9.17, 15) is 9.59 Å². The Morgan fingerprint density at radius 3 is 2.51 bits per heavy atom. The molecule has 35 heavy (non-hydrogen) atoms. The van der Waals surface area contributed by atoms with Gasteiger partial charge in [0.25, 0.3) is 11.8 Å². The number of hydrogen-bond acceptors (Lipinski definition) is 7. The molecule has 1 unspecified atom stereocenters. The second-order valence-corrected chi connectivity index (χ2v) is 9.04. The number of morpholine rings is 1. The number of fused-ring (bicyclic) bond motifs is 1. The van der Waals surface area contributed by atoms with Gasteiger partial charge in [-0.25, -0.2) is 0 Å². The van der Waals surface area contributed by atoms with Crippen LogP contribution in [-0.2, 0) is 4.74 Å². The van der Waals surface area contributed by atoms with Gasteiger partial charge in [-0.15, -0.1) is 0 Å². The van der Waals surface area contributed by atoms with Crippen molar-refractivity contribution in [1.29, 1.82) is 0 Å². The van der Waals surface area contributed by atoms with Gasteiger partial charge in [-0.05, 0) is 55.2 Å². The van der Waals surface area contributed by atoms with Crippen LogP contribution < -0.4 is 18.9 Å². The van der Waals surface area contributed by atoms with Crippen molar-refractivity contribution in [2.45, 2.75) is 18.9 Å². The molecule has 1 aliphatic carbocycles. The van der Waals surface area contributed by atoms with Crippen LogP contribution in [0.1, 0.15) is 33.6 Å². The molecule has 186 valence electrons. The van der Waals surface area contributed by atoms with Crippen LogP contribution in [0.5, 0.6) is 23.0 Å². The molecule has 2 aliphatic heterocycles. The van der Waals surface area contributed by atoms with E-state index >= 15 is 0 Å². The normalized spacial score (nSPS) is 18.8. The van der Waals surface area contributed by atoms with Crippen LogP contribution in [0.4, 0.5) is 0 Å². The number of ether oxygens (including phenoxy) is 5. The highest BCUT2D eigenvalue weighted by Crippen LogP contribution is 2.34. The highest BCUT2D eigenvalue weighted by molar-refractivity contribution is 5.96. The Kier molecular flexibility index (Phi) is 6.68. The summed E-state index contributed by atoms with van der Waals surface area (Å²) in [5, 5.41) is 0. The first kappa shape index (κ1) is 23.3. The molecule has 0 bridgehead atoms. The van der Waals surface area contributed by atoms with Crippen molar-refractivity contribution in [3.8, 4) is 23.0 Å². The third-order valence-electron chi connectivity index (χ3n) is 6.56. The summed E-state index contributed by atoms with van der Waals surface area (Å²) in [6.07, 6.45) is 1.98. The molecule has 3 aliphatic rings. The molecule has 0 aromatic heterocycles. The summed E-state index contributed by atoms with van der Waals surface area (Å²) in [6.45, 7) is 2.57. The van der Waals surface area contributed by atoms with Gasteiger partial charge < -0.3 is 33.5 Å². The van der Waals surface area contributed by atoms with Crippen LogP contribution >= 0.6 is 0 Å². The Morgan fingerprint density at radius 2 is 1.74 bits per heavy atom. The quantitative estimate of drug-likeness (QED) is 0.572. The Labute approximate surface area is 204 Å². The van der Waals surface area contributed by atoms with Crippen molar-refractivity contribution in [2.75, 3.05) is 53.8 Å². The standard InChI is InChI=1S/C26H30N2O7/c1-31-21-7-5-18(11-23(21)32-2)25(29)27-9-10-33-20(14-27)15-28(13-17-3-4-17)26(30)19-6-8-22-24(12-19)35-16-34-22/h5-8,11-12,17,20H,3-4,9-10,13-16H2,1-2H3. The molecular weight excluding hydrogens is 452 g/mol. The summed E-state index contributed by atoms with van der Waals surface area (Å²) < 4.78 is 27.4. The number of rotatable bonds is 8. The third kappa shape index (κ3) is 5.14. The lowest BCUT2D eigenvalue weighted by molar-refractivity contribution is -0.0335. The van der Waals surface area contributed by atoms with Crippen LogP contribution in [-0.4, -0.2) is 81.5 Å². The maximum absolute atomic E-state index is 13.4. The van der Waals surface area contributed by atoms with Crippen molar-refractivity contribution in [2.24, 2.45) is 5.92 Å². The van der Waals surface area contributed by atoms with Crippen molar-refractivity contribution in [3.63, 3.8) is 0 Å². The van der Waals surface area contributed by atoms with E-state index in [4.69, 9.17) is 23.7 Å². The molecule has 2 aromatic carbocycles. The third-order valence-corrected chi connectivity index (χ3v) is 6.56. The highest BCUT2D eigenvalue weighted by atomic mass is 16.7. The smallest absolute Gasteiger partial charge is 0.254 e. The minimum absolute atomic E-state index is 0.0675. The first-order valence-electron chi connectivity index (χ1n) is 11.9. The summed E-state index contributed by atoms with van der Waals surface area (Å²) in [5.41, 5.74) is 1.08. The lowest BCUT2D eigenvalue weighted by atomic mass is 10.1. The largest absolute Gasteiger partial charge is 0.493 e. The fourth-order valence-corrected chi connectivity index (χ4v) is 4.48. The molecule has 1 saturated carbocycles. The van der Waals surface area contributed by atoms with Gasteiger partial charge in [0.2, 0.25) is 6.79 Å². The zero-order valence-corrected chi connectivity index (χ0v) is 20.0. The molecule has 9 heteroatoms. The average molecular weight is 483 g/mol. The molecule has 2 fully saturated rings. The lowest BCUT2D eigenvalue weighted by Gasteiger charge is -2.36. The molecule has 2 heterocycles. The molecule has 2 aromatic rings. The monoisotopic (exact) mass is 482 g/mol. The summed E-state index contributed by atoms with van der Waals surface area (Å²) in [7, 11) is 3.10. The minimum Gasteiger partial charge on any atom is -0.493 e. The summed E-state index contributed by atoms with van der Waals surface area (Å²) in [6, 6.07) is 10.4. The van der Waals surface area contributed by atoms with E-state index in [-0.39, 0.29) is 24.7 Å². The molecule has 0 spiro atoms. The van der Waals surface area contributed by atoms with E-state index in [0.717, 1.165) is 12.8 Å². The van der Waals surface area contributed by atoms with E-state index in [0.29, 0.717) is 72.8 Å².